The Balaban J connectivity index is 1.32. The van der Waals surface area contributed by atoms with Gasteiger partial charge in [-0.2, -0.15) is 10.2 Å². The number of nitrogens with one attached hydrogen (secondary N) is 1. The molecule has 3 aromatic heterocycles. The number of hydrogen-bond donors (Lipinski definition) is 1. The number of hydrogen-bond acceptors (Lipinski definition) is 4. The summed E-state index contributed by atoms with van der Waals surface area (Å²) in [6, 6.07) is 17.4. The summed E-state index contributed by atoms with van der Waals surface area (Å²) in [5, 5.41) is 17.8. The third-order valence-electron chi connectivity index (χ3n) is 6.83. The number of carbonyl (C=O) groups is 1. The Morgan fingerprint density at radius 2 is 1.91 bits per heavy atom. The molecule has 0 unspecified atom stereocenters. The van der Waals surface area contributed by atoms with Crippen molar-refractivity contribution in [2.75, 3.05) is 5.32 Å². The number of pyridine rings is 1. The molecule has 2 fully saturated rings. The summed E-state index contributed by atoms with van der Waals surface area (Å²) in [5.74, 6) is 0.688. The number of nitrogens with zero attached hydrogens (tertiary/aromatic N) is 5. The number of nitriles is 1. The minimum Gasteiger partial charge on any atom is -0.344 e. The number of carbonyl (C=O) groups excluding carboxylic acids is 1. The van der Waals surface area contributed by atoms with Crippen molar-refractivity contribution in [1.29, 1.82) is 5.26 Å². The van der Waals surface area contributed by atoms with Crippen LogP contribution in [0.15, 0.2) is 48.7 Å². The van der Waals surface area contributed by atoms with Crippen LogP contribution in [-0.2, 0) is 4.79 Å². The Kier molecular flexibility index (Phi) is 4.46. The average Bonchev–Trinajstić information content (AvgIpc) is 3.47. The molecule has 0 bridgehead atoms. The maximum atomic E-state index is 12.1. The molecular weight excluding hydrogens is 400 g/mol. The second kappa shape index (κ2) is 7.49. The minimum atomic E-state index is 0.00835. The molecule has 3 heterocycles. The van der Waals surface area contributed by atoms with Crippen LogP contribution in [0.2, 0.25) is 0 Å². The van der Waals surface area contributed by atoms with Gasteiger partial charge in [-0.15, -0.1) is 5.10 Å². The first-order valence-corrected chi connectivity index (χ1v) is 11.4. The highest BCUT2D eigenvalue weighted by Crippen LogP contribution is 2.35. The van der Waals surface area contributed by atoms with E-state index in [0.717, 1.165) is 49.8 Å². The van der Waals surface area contributed by atoms with E-state index in [1.165, 1.54) is 10.9 Å². The van der Waals surface area contributed by atoms with Gasteiger partial charge in [0.05, 0.1) is 11.8 Å². The lowest BCUT2D eigenvalue weighted by Gasteiger charge is -2.27. The number of aromatic nitrogens is 4. The van der Waals surface area contributed by atoms with E-state index < -0.39 is 0 Å². The molecule has 160 valence electrons. The van der Waals surface area contributed by atoms with Gasteiger partial charge in [-0.1, -0.05) is 12.1 Å². The van der Waals surface area contributed by atoms with Crippen molar-refractivity contribution in [1.82, 2.24) is 19.2 Å². The fourth-order valence-corrected chi connectivity index (χ4v) is 4.86. The van der Waals surface area contributed by atoms with Crippen LogP contribution in [0.3, 0.4) is 0 Å². The van der Waals surface area contributed by atoms with Crippen molar-refractivity contribution in [2.24, 2.45) is 11.8 Å². The first-order chi connectivity index (χ1) is 15.7. The van der Waals surface area contributed by atoms with Crippen molar-refractivity contribution >= 4 is 28.4 Å². The van der Waals surface area contributed by atoms with E-state index in [4.69, 9.17) is 0 Å². The lowest BCUT2D eigenvalue weighted by Crippen LogP contribution is -2.16. The van der Waals surface area contributed by atoms with Gasteiger partial charge in [0.15, 0.2) is 5.65 Å². The zero-order valence-electron chi connectivity index (χ0n) is 17.7. The zero-order chi connectivity index (χ0) is 21.7. The van der Waals surface area contributed by atoms with Gasteiger partial charge < -0.3 is 4.57 Å². The highest BCUT2D eigenvalue weighted by molar-refractivity contribution is 5.92. The van der Waals surface area contributed by atoms with E-state index in [9.17, 15) is 10.1 Å². The standard InChI is InChI=1S/C25H24N6O/c26-15-16-4-9-20(10-5-16)30-13-12-19-14-18(8-11-21(19)30)22-2-1-3-23-27-25(29-31(22)23)28-24(32)17-6-7-17/h1-3,8,11-14,16-17,20H,4-7,9-10H2,(H,28,29,32). The molecule has 0 radical (unpaired) electrons. The van der Waals surface area contributed by atoms with Crippen LogP contribution in [0.1, 0.15) is 44.6 Å². The summed E-state index contributed by atoms with van der Waals surface area (Å²) in [4.78, 5) is 16.6. The number of anilines is 1. The normalized spacial score (nSPS) is 21.0. The Hall–Kier alpha value is -3.66. The van der Waals surface area contributed by atoms with Crippen LogP contribution in [-0.4, -0.2) is 25.1 Å². The molecular formula is C25H24N6O. The van der Waals surface area contributed by atoms with Gasteiger partial charge in [-0.3, -0.25) is 10.1 Å². The minimum absolute atomic E-state index is 0.00835. The molecule has 1 amide bonds. The van der Waals surface area contributed by atoms with Gasteiger partial charge in [0, 0.05) is 40.5 Å². The predicted octanol–water partition coefficient (Wildman–Crippen LogP) is 4.95. The van der Waals surface area contributed by atoms with E-state index in [-0.39, 0.29) is 17.7 Å². The lowest BCUT2D eigenvalue weighted by molar-refractivity contribution is -0.117. The smallest absolute Gasteiger partial charge is 0.249 e. The summed E-state index contributed by atoms with van der Waals surface area (Å²) >= 11 is 0. The molecule has 2 aliphatic carbocycles. The summed E-state index contributed by atoms with van der Waals surface area (Å²) in [6.45, 7) is 0. The van der Waals surface area contributed by atoms with Gasteiger partial charge in [0.1, 0.15) is 0 Å². The van der Waals surface area contributed by atoms with Crippen LogP contribution in [0.4, 0.5) is 5.95 Å². The molecule has 7 nitrogen and oxygen atoms in total. The zero-order valence-corrected chi connectivity index (χ0v) is 17.7. The summed E-state index contributed by atoms with van der Waals surface area (Å²) in [7, 11) is 0. The fraction of sp³-hybridized carbons (Fsp3) is 0.360. The van der Waals surface area contributed by atoms with Crippen LogP contribution in [0.5, 0.6) is 0 Å². The van der Waals surface area contributed by atoms with E-state index in [1.54, 1.807) is 4.52 Å². The molecule has 1 N–H and O–H groups in total. The van der Waals surface area contributed by atoms with E-state index in [1.807, 2.05) is 18.2 Å². The van der Waals surface area contributed by atoms with Gasteiger partial charge in [0.2, 0.25) is 11.9 Å². The maximum Gasteiger partial charge on any atom is 0.249 e. The first-order valence-electron chi connectivity index (χ1n) is 11.4. The highest BCUT2D eigenvalue weighted by atomic mass is 16.2. The number of amides is 1. The molecule has 32 heavy (non-hydrogen) atoms. The molecule has 4 aromatic rings. The van der Waals surface area contributed by atoms with Gasteiger partial charge in [-0.05, 0) is 68.9 Å². The van der Waals surface area contributed by atoms with Crippen molar-refractivity contribution < 1.29 is 4.79 Å². The van der Waals surface area contributed by atoms with Gasteiger partial charge in [-0.25, -0.2) is 4.52 Å². The number of benzene rings is 1. The Labute approximate surface area is 185 Å². The van der Waals surface area contributed by atoms with Crippen molar-refractivity contribution in [2.45, 2.75) is 44.6 Å². The third kappa shape index (κ3) is 3.32. The van der Waals surface area contributed by atoms with Crippen molar-refractivity contribution in [3.05, 3.63) is 48.7 Å². The number of fused-ring (bicyclic) bond motifs is 2. The van der Waals surface area contributed by atoms with Gasteiger partial charge in [0.25, 0.3) is 0 Å². The first kappa shape index (κ1) is 19.1. The lowest BCUT2D eigenvalue weighted by atomic mass is 9.87. The highest BCUT2D eigenvalue weighted by Gasteiger charge is 2.30. The van der Waals surface area contributed by atoms with Gasteiger partial charge >= 0.3 is 0 Å². The SMILES string of the molecule is N#CC1CCC(n2ccc3cc(-c4cccc5nc(NC(=O)C6CC6)nn45)ccc32)CC1. The second-order valence-electron chi connectivity index (χ2n) is 9.01. The quantitative estimate of drug-likeness (QED) is 0.502. The number of rotatable bonds is 4. The third-order valence-corrected chi connectivity index (χ3v) is 6.83. The largest absolute Gasteiger partial charge is 0.344 e. The Bertz CT molecular complexity index is 1360. The molecule has 6 rings (SSSR count). The Morgan fingerprint density at radius 1 is 1.06 bits per heavy atom. The van der Waals surface area contributed by atoms with Crippen LogP contribution in [0.25, 0.3) is 27.8 Å². The molecule has 1 aromatic carbocycles. The van der Waals surface area contributed by atoms with Crippen LogP contribution in [0, 0.1) is 23.2 Å². The maximum absolute atomic E-state index is 12.1. The summed E-state index contributed by atoms with van der Waals surface area (Å²) < 4.78 is 4.16. The van der Waals surface area contributed by atoms with Crippen LogP contribution >= 0.6 is 0 Å². The molecule has 0 atom stereocenters. The predicted molar refractivity (Wildman–Crippen MR) is 122 cm³/mol. The average molecular weight is 425 g/mol. The molecule has 0 spiro atoms. The topological polar surface area (TPSA) is 88.0 Å². The molecule has 2 aliphatic rings. The monoisotopic (exact) mass is 424 g/mol. The van der Waals surface area contributed by atoms with E-state index in [0.29, 0.717) is 17.6 Å². The second-order valence-corrected chi connectivity index (χ2v) is 9.01. The van der Waals surface area contributed by atoms with Crippen molar-refractivity contribution in [3.8, 4) is 17.3 Å². The van der Waals surface area contributed by atoms with E-state index >= 15 is 0 Å². The molecule has 2 saturated carbocycles. The fourth-order valence-electron chi connectivity index (χ4n) is 4.86. The molecule has 0 aliphatic heterocycles. The molecule has 7 heteroatoms. The summed E-state index contributed by atoms with van der Waals surface area (Å²) in [5.41, 5.74) is 3.92. The molecule has 0 saturated heterocycles. The Morgan fingerprint density at radius 3 is 2.69 bits per heavy atom. The van der Waals surface area contributed by atoms with Crippen LogP contribution < -0.4 is 5.32 Å². The van der Waals surface area contributed by atoms with Crippen molar-refractivity contribution in [3.63, 3.8) is 0 Å². The van der Waals surface area contributed by atoms with E-state index in [2.05, 4.69) is 56.5 Å². The summed E-state index contributed by atoms with van der Waals surface area (Å²) in [6.07, 6.45) is 8.13.